The minimum atomic E-state index is -0.587. The maximum atomic E-state index is 13.6. The van der Waals surface area contributed by atoms with Gasteiger partial charge in [0.2, 0.25) is 11.8 Å². The number of rotatable bonds is 11. The zero-order valence-electron chi connectivity index (χ0n) is 20.2. The standard InChI is InChI=1S/C29H34N2O2S/c1-22(2)30-29(33)27(18-24-10-6-4-7-11-24)31(19-25-16-14-23(3)15-17-25)28(32)21-34-20-26-12-8-5-9-13-26/h4-17,22,27H,18-21H2,1-3H3,(H,30,33)/t27-/m1/s1. The Morgan fingerprint density at radius 2 is 1.41 bits per heavy atom. The van der Waals surface area contributed by atoms with Gasteiger partial charge in [0, 0.05) is 24.8 Å². The van der Waals surface area contributed by atoms with Crippen molar-refractivity contribution in [2.24, 2.45) is 0 Å². The second-order valence-electron chi connectivity index (χ2n) is 8.85. The predicted molar refractivity (Wildman–Crippen MR) is 142 cm³/mol. The van der Waals surface area contributed by atoms with Crippen molar-refractivity contribution in [3.63, 3.8) is 0 Å². The quantitative estimate of drug-likeness (QED) is 0.405. The second-order valence-corrected chi connectivity index (χ2v) is 9.84. The molecule has 0 aliphatic carbocycles. The van der Waals surface area contributed by atoms with Crippen LogP contribution in [0.15, 0.2) is 84.9 Å². The summed E-state index contributed by atoms with van der Waals surface area (Å²) in [5.41, 5.74) is 4.40. The Kier molecular flexibility index (Phi) is 9.77. The fourth-order valence-electron chi connectivity index (χ4n) is 3.74. The van der Waals surface area contributed by atoms with E-state index in [1.807, 2.05) is 93.6 Å². The summed E-state index contributed by atoms with van der Waals surface area (Å²) in [4.78, 5) is 28.6. The first kappa shape index (κ1) is 25.6. The van der Waals surface area contributed by atoms with Crippen LogP contribution in [0.25, 0.3) is 0 Å². The van der Waals surface area contributed by atoms with Crippen LogP contribution in [0.4, 0.5) is 0 Å². The van der Waals surface area contributed by atoms with Gasteiger partial charge in [-0.2, -0.15) is 0 Å². The first-order chi connectivity index (χ1) is 16.4. The highest BCUT2D eigenvalue weighted by molar-refractivity contribution is 7.99. The number of carbonyl (C=O) groups is 2. The molecule has 4 nitrogen and oxygen atoms in total. The van der Waals surface area contributed by atoms with E-state index in [0.717, 1.165) is 16.9 Å². The average Bonchev–Trinajstić information content (AvgIpc) is 2.83. The fraction of sp³-hybridized carbons (Fsp3) is 0.310. The van der Waals surface area contributed by atoms with E-state index in [2.05, 4.69) is 17.4 Å². The molecule has 1 atom stereocenters. The summed E-state index contributed by atoms with van der Waals surface area (Å²) in [5.74, 6) is 0.932. The van der Waals surface area contributed by atoms with Crippen LogP contribution in [-0.4, -0.2) is 34.6 Å². The largest absolute Gasteiger partial charge is 0.352 e. The molecule has 0 fully saturated rings. The highest BCUT2D eigenvalue weighted by atomic mass is 32.2. The van der Waals surface area contributed by atoms with Crippen molar-refractivity contribution < 1.29 is 9.59 Å². The highest BCUT2D eigenvalue weighted by Crippen LogP contribution is 2.19. The van der Waals surface area contributed by atoms with Crippen LogP contribution in [0.1, 0.15) is 36.1 Å². The molecule has 0 spiro atoms. The first-order valence-corrected chi connectivity index (χ1v) is 12.9. The molecule has 0 aliphatic heterocycles. The molecule has 0 aromatic heterocycles. The van der Waals surface area contributed by atoms with Crippen molar-refractivity contribution >= 4 is 23.6 Å². The van der Waals surface area contributed by atoms with Gasteiger partial charge < -0.3 is 10.2 Å². The van der Waals surface area contributed by atoms with E-state index in [-0.39, 0.29) is 17.9 Å². The zero-order valence-corrected chi connectivity index (χ0v) is 21.1. The summed E-state index contributed by atoms with van der Waals surface area (Å²) in [6.45, 7) is 6.33. The van der Waals surface area contributed by atoms with Gasteiger partial charge in [0.1, 0.15) is 6.04 Å². The fourth-order valence-corrected chi connectivity index (χ4v) is 4.61. The number of carbonyl (C=O) groups excluding carboxylic acids is 2. The van der Waals surface area contributed by atoms with E-state index < -0.39 is 6.04 Å². The maximum Gasteiger partial charge on any atom is 0.243 e. The van der Waals surface area contributed by atoms with E-state index in [1.54, 1.807) is 16.7 Å². The van der Waals surface area contributed by atoms with Crippen molar-refractivity contribution in [1.29, 1.82) is 0 Å². The normalized spacial score (nSPS) is 11.8. The van der Waals surface area contributed by atoms with Crippen molar-refractivity contribution in [1.82, 2.24) is 10.2 Å². The Morgan fingerprint density at radius 1 is 0.824 bits per heavy atom. The van der Waals surface area contributed by atoms with Crippen LogP contribution in [0.2, 0.25) is 0 Å². The van der Waals surface area contributed by atoms with Crippen LogP contribution in [-0.2, 0) is 28.3 Å². The van der Waals surface area contributed by atoms with E-state index in [4.69, 9.17) is 0 Å². The van der Waals surface area contributed by atoms with Crippen molar-refractivity contribution in [3.05, 3.63) is 107 Å². The highest BCUT2D eigenvalue weighted by Gasteiger charge is 2.30. The summed E-state index contributed by atoms with van der Waals surface area (Å²) in [6, 6.07) is 27.6. The minimum absolute atomic E-state index is 0.00504. The molecule has 178 valence electrons. The molecule has 0 unspecified atom stereocenters. The molecule has 0 radical (unpaired) electrons. The molecule has 0 aliphatic rings. The van der Waals surface area contributed by atoms with Crippen LogP contribution in [0.5, 0.6) is 0 Å². The van der Waals surface area contributed by atoms with Crippen molar-refractivity contribution in [2.45, 2.75) is 51.6 Å². The van der Waals surface area contributed by atoms with Gasteiger partial charge >= 0.3 is 0 Å². The van der Waals surface area contributed by atoms with Crippen molar-refractivity contribution in [3.8, 4) is 0 Å². The number of hydrogen-bond acceptors (Lipinski definition) is 3. The topological polar surface area (TPSA) is 49.4 Å². The maximum absolute atomic E-state index is 13.6. The average molecular weight is 475 g/mol. The molecular weight excluding hydrogens is 440 g/mol. The van der Waals surface area contributed by atoms with Gasteiger partial charge in [-0.25, -0.2) is 0 Å². The Hall–Kier alpha value is -3.05. The lowest BCUT2D eigenvalue weighted by molar-refractivity contribution is -0.139. The molecule has 0 bridgehead atoms. The summed E-state index contributed by atoms with van der Waals surface area (Å²) < 4.78 is 0. The summed E-state index contributed by atoms with van der Waals surface area (Å²) >= 11 is 1.58. The van der Waals surface area contributed by atoms with Crippen LogP contribution in [0, 0.1) is 6.92 Å². The third kappa shape index (κ3) is 8.07. The van der Waals surface area contributed by atoms with Gasteiger partial charge in [0.25, 0.3) is 0 Å². The summed E-state index contributed by atoms with van der Waals surface area (Å²) in [5, 5.41) is 3.04. The molecule has 0 saturated heterocycles. The molecule has 3 rings (SSSR count). The van der Waals surface area contributed by atoms with Gasteiger partial charge in [-0.05, 0) is 37.5 Å². The van der Waals surface area contributed by atoms with E-state index in [9.17, 15) is 9.59 Å². The molecule has 3 aromatic rings. The second kappa shape index (κ2) is 13.0. The minimum Gasteiger partial charge on any atom is -0.352 e. The molecule has 5 heteroatoms. The van der Waals surface area contributed by atoms with E-state index in [0.29, 0.717) is 18.7 Å². The molecular formula is C29H34N2O2S. The van der Waals surface area contributed by atoms with Crippen LogP contribution < -0.4 is 5.32 Å². The van der Waals surface area contributed by atoms with Crippen LogP contribution in [0.3, 0.4) is 0 Å². The smallest absolute Gasteiger partial charge is 0.243 e. The van der Waals surface area contributed by atoms with Gasteiger partial charge in [-0.3, -0.25) is 9.59 Å². The van der Waals surface area contributed by atoms with Crippen LogP contribution >= 0.6 is 11.8 Å². The SMILES string of the molecule is Cc1ccc(CN(C(=O)CSCc2ccccc2)[C@H](Cc2ccccc2)C(=O)NC(C)C)cc1. The molecule has 0 heterocycles. The monoisotopic (exact) mass is 474 g/mol. The van der Waals surface area contributed by atoms with Gasteiger partial charge in [0.15, 0.2) is 0 Å². The Balaban J connectivity index is 1.84. The molecule has 2 amide bonds. The lowest BCUT2D eigenvalue weighted by Gasteiger charge is -2.32. The lowest BCUT2D eigenvalue weighted by atomic mass is 10.0. The predicted octanol–water partition coefficient (Wildman–Crippen LogP) is 5.39. The van der Waals surface area contributed by atoms with E-state index in [1.165, 1.54) is 11.1 Å². The van der Waals surface area contributed by atoms with Gasteiger partial charge in [-0.1, -0.05) is 90.5 Å². The number of benzene rings is 3. The number of hydrogen-bond donors (Lipinski definition) is 1. The summed E-state index contributed by atoms with van der Waals surface area (Å²) in [6.07, 6.45) is 0.473. The van der Waals surface area contributed by atoms with E-state index >= 15 is 0 Å². The van der Waals surface area contributed by atoms with Crippen molar-refractivity contribution in [2.75, 3.05) is 5.75 Å². The Bertz CT molecular complexity index is 1040. The number of amides is 2. The first-order valence-electron chi connectivity index (χ1n) is 11.7. The lowest BCUT2D eigenvalue weighted by Crippen LogP contribution is -2.52. The molecule has 3 aromatic carbocycles. The third-order valence-electron chi connectivity index (χ3n) is 5.51. The molecule has 1 N–H and O–H groups in total. The zero-order chi connectivity index (χ0) is 24.3. The van der Waals surface area contributed by atoms with Gasteiger partial charge in [-0.15, -0.1) is 11.8 Å². The Labute approximate surface area is 207 Å². The number of thioether (sulfide) groups is 1. The van der Waals surface area contributed by atoms with Gasteiger partial charge in [0.05, 0.1) is 5.75 Å². The number of nitrogens with zero attached hydrogens (tertiary/aromatic N) is 1. The molecule has 0 saturated carbocycles. The number of nitrogens with one attached hydrogen (secondary N) is 1. The molecule has 34 heavy (non-hydrogen) atoms. The number of aryl methyl sites for hydroxylation is 1. The third-order valence-corrected chi connectivity index (χ3v) is 6.50. The summed E-state index contributed by atoms with van der Waals surface area (Å²) in [7, 11) is 0. The Morgan fingerprint density at radius 3 is 2.00 bits per heavy atom.